The normalized spacial score (nSPS) is 25.5. The van der Waals surface area contributed by atoms with Crippen molar-refractivity contribution in [2.24, 2.45) is 11.8 Å². The molecule has 2 heterocycles. The Labute approximate surface area is 123 Å². The molecule has 0 bridgehead atoms. The number of hydrogen-bond acceptors (Lipinski definition) is 3. The minimum Gasteiger partial charge on any atom is -0.481 e. The molecule has 3 rings (SSSR count). The fourth-order valence-corrected chi connectivity index (χ4v) is 2.76. The van der Waals surface area contributed by atoms with E-state index in [-0.39, 0.29) is 5.69 Å². The molecule has 1 aromatic heterocycles. The SMILES string of the molecule is O=C(O)[C@@H]1CN(C(=O)c2cc(C3CC3)[nH]n2)C[C@H]1C(F)(F)F. The molecule has 1 amide bonds. The van der Waals surface area contributed by atoms with Crippen molar-refractivity contribution in [1.82, 2.24) is 15.1 Å². The number of aromatic nitrogens is 2. The number of aromatic amines is 1. The predicted octanol–water partition coefficient (Wildman–Crippen LogP) is 1.62. The molecule has 2 N–H and O–H groups in total. The standard InChI is InChI=1S/C13H14F3N3O3/c14-13(15,16)8-5-19(4-7(8)12(21)22)11(20)10-3-9(17-18-10)6-1-2-6/h3,6-8H,1-2,4-5H2,(H,17,18)(H,21,22)/t7-,8-/m1/s1. The van der Waals surface area contributed by atoms with Gasteiger partial charge < -0.3 is 10.0 Å². The summed E-state index contributed by atoms with van der Waals surface area (Å²) in [5.74, 6) is -5.55. The number of carbonyl (C=O) groups excluding carboxylic acids is 1. The van der Waals surface area contributed by atoms with Crippen LogP contribution in [-0.4, -0.2) is 51.3 Å². The summed E-state index contributed by atoms with van der Waals surface area (Å²) in [5, 5.41) is 15.5. The molecule has 0 spiro atoms. The summed E-state index contributed by atoms with van der Waals surface area (Å²) in [6.07, 6.45) is -2.66. The molecule has 0 unspecified atom stereocenters. The number of nitrogens with one attached hydrogen (secondary N) is 1. The Hall–Kier alpha value is -2.06. The molecule has 120 valence electrons. The van der Waals surface area contributed by atoms with E-state index in [4.69, 9.17) is 5.11 Å². The van der Waals surface area contributed by atoms with Crippen molar-refractivity contribution in [2.75, 3.05) is 13.1 Å². The lowest BCUT2D eigenvalue weighted by Gasteiger charge is -2.17. The van der Waals surface area contributed by atoms with Gasteiger partial charge in [0.05, 0.1) is 11.8 Å². The van der Waals surface area contributed by atoms with Crippen molar-refractivity contribution >= 4 is 11.9 Å². The van der Waals surface area contributed by atoms with Crippen LogP contribution in [0.25, 0.3) is 0 Å². The largest absolute Gasteiger partial charge is 0.481 e. The van der Waals surface area contributed by atoms with Crippen LogP contribution >= 0.6 is 0 Å². The zero-order chi connectivity index (χ0) is 16.1. The molecule has 1 aromatic rings. The molecule has 0 radical (unpaired) electrons. The first kappa shape index (κ1) is 14.9. The molecule has 2 atom stereocenters. The van der Waals surface area contributed by atoms with Gasteiger partial charge in [0, 0.05) is 24.7 Å². The lowest BCUT2D eigenvalue weighted by molar-refractivity contribution is -0.187. The van der Waals surface area contributed by atoms with E-state index in [1.165, 1.54) is 6.07 Å². The first-order valence-corrected chi connectivity index (χ1v) is 6.91. The number of amides is 1. The third-order valence-corrected chi connectivity index (χ3v) is 4.18. The third kappa shape index (κ3) is 2.67. The van der Waals surface area contributed by atoms with Crippen LogP contribution in [0.5, 0.6) is 0 Å². The second-order valence-corrected chi connectivity index (χ2v) is 5.79. The van der Waals surface area contributed by atoms with Crippen molar-refractivity contribution in [3.05, 3.63) is 17.5 Å². The number of alkyl halides is 3. The summed E-state index contributed by atoms with van der Waals surface area (Å²) in [5.41, 5.74) is 0.832. The van der Waals surface area contributed by atoms with Gasteiger partial charge >= 0.3 is 12.1 Å². The van der Waals surface area contributed by atoms with Gasteiger partial charge in [-0.2, -0.15) is 18.3 Å². The van der Waals surface area contributed by atoms with Crippen LogP contribution in [0, 0.1) is 11.8 Å². The lowest BCUT2D eigenvalue weighted by atomic mass is 9.96. The van der Waals surface area contributed by atoms with Crippen molar-refractivity contribution < 1.29 is 27.9 Å². The van der Waals surface area contributed by atoms with Crippen molar-refractivity contribution in [3.8, 4) is 0 Å². The fourth-order valence-electron chi connectivity index (χ4n) is 2.76. The molecule has 2 fully saturated rings. The number of likely N-dealkylation sites (tertiary alicyclic amines) is 1. The quantitative estimate of drug-likeness (QED) is 0.887. The highest BCUT2D eigenvalue weighted by molar-refractivity contribution is 5.93. The van der Waals surface area contributed by atoms with E-state index in [9.17, 15) is 22.8 Å². The number of carboxylic acid groups (broad SMARTS) is 1. The average Bonchev–Trinajstić information content (AvgIpc) is 3.00. The Balaban J connectivity index is 1.76. The highest BCUT2D eigenvalue weighted by atomic mass is 19.4. The van der Waals surface area contributed by atoms with E-state index >= 15 is 0 Å². The predicted molar refractivity (Wildman–Crippen MR) is 67.1 cm³/mol. The van der Waals surface area contributed by atoms with Gasteiger partial charge in [-0.3, -0.25) is 14.7 Å². The van der Waals surface area contributed by atoms with Crippen LogP contribution in [0.4, 0.5) is 13.2 Å². The van der Waals surface area contributed by atoms with E-state index in [0.29, 0.717) is 5.92 Å². The van der Waals surface area contributed by atoms with E-state index in [0.717, 1.165) is 23.4 Å². The van der Waals surface area contributed by atoms with Gasteiger partial charge in [-0.25, -0.2) is 0 Å². The summed E-state index contributed by atoms with van der Waals surface area (Å²) in [6, 6.07) is 1.54. The Morgan fingerprint density at radius 3 is 2.50 bits per heavy atom. The van der Waals surface area contributed by atoms with E-state index in [2.05, 4.69) is 10.2 Å². The van der Waals surface area contributed by atoms with Crippen LogP contribution < -0.4 is 0 Å². The molecule has 1 saturated heterocycles. The van der Waals surface area contributed by atoms with E-state index in [1.807, 2.05) is 0 Å². The Morgan fingerprint density at radius 1 is 1.32 bits per heavy atom. The number of hydrogen-bond donors (Lipinski definition) is 2. The van der Waals surface area contributed by atoms with Crippen LogP contribution in [0.3, 0.4) is 0 Å². The molecular weight excluding hydrogens is 303 g/mol. The van der Waals surface area contributed by atoms with Crippen LogP contribution in [0.1, 0.15) is 34.9 Å². The molecule has 0 aromatic carbocycles. The number of rotatable bonds is 3. The molecule has 1 saturated carbocycles. The molecule has 1 aliphatic heterocycles. The molecule has 6 nitrogen and oxygen atoms in total. The molecular formula is C13H14F3N3O3. The maximum atomic E-state index is 12.9. The number of carbonyl (C=O) groups is 2. The van der Waals surface area contributed by atoms with Gasteiger partial charge in [0.25, 0.3) is 5.91 Å². The molecule has 22 heavy (non-hydrogen) atoms. The van der Waals surface area contributed by atoms with Gasteiger partial charge in [0.2, 0.25) is 0 Å². The first-order valence-electron chi connectivity index (χ1n) is 6.91. The van der Waals surface area contributed by atoms with Gasteiger partial charge in [-0.1, -0.05) is 0 Å². The zero-order valence-corrected chi connectivity index (χ0v) is 11.4. The van der Waals surface area contributed by atoms with Crippen LogP contribution in [0.15, 0.2) is 6.07 Å². The minimum absolute atomic E-state index is 0.0360. The number of aliphatic carboxylic acids is 1. The number of H-pyrrole nitrogens is 1. The first-order chi connectivity index (χ1) is 10.3. The van der Waals surface area contributed by atoms with Gasteiger partial charge in [0.1, 0.15) is 5.69 Å². The van der Waals surface area contributed by atoms with E-state index in [1.54, 1.807) is 0 Å². The van der Waals surface area contributed by atoms with Crippen LogP contribution in [0.2, 0.25) is 0 Å². The van der Waals surface area contributed by atoms with Gasteiger partial charge in [-0.15, -0.1) is 0 Å². The van der Waals surface area contributed by atoms with Gasteiger partial charge in [0.15, 0.2) is 0 Å². The zero-order valence-electron chi connectivity index (χ0n) is 11.4. The Kier molecular flexibility index (Phi) is 3.37. The minimum atomic E-state index is -4.65. The third-order valence-electron chi connectivity index (χ3n) is 4.18. The highest BCUT2D eigenvalue weighted by Gasteiger charge is 2.53. The maximum Gasteiger partial charge on any atom is 0.394 e. The summed E-state index contributed by atoms with van der Waals surface area (Å²) >= 11 is 0. The summed E-state index contributed by atoms with van der Waals surface area (Å²) in [6.45, 7) is -1.10. The monoisotopic (exact) mass is 317 g/mol. The van der Waals surface area contributed by atoms with Crippen molar-refractivity contribution in [2.45, 2.75) is 24.9 Å². The molecule has 1 aliphatic carbocycles. The smallest absolute Gasteiger partial charge is 0.394 e. The van der Waals surface area contributed by atoms with E-state index < -0.39 is 43.0 Å². The van der Waals surface area contributed by atoms with Crippen LogP contribution in [-0.2, 0) is 4.79 Å². The van der Waals surface area contributed by atoms with Crippen molar-refractivity contribution in [1.29, 1.82) is 0 Å². The fraction of sp³-hybridized carbons (Fsp3) is 0.615. The topological polar surface area (TPSA) is 86.3 Å². The highest BCUT2D eigenvalue weighted by Crippen LogP contribution is 2.40. The Morgan fingerprint density at radius 2 is 2.00 bits per heavy atom. The Bertz CT molecular complexity index is 609. The number of halogens is 3. The summed E-state index contributed by atoms with van der Waals surface area (Å²) < 4.78 is 38.7. The average molecular weight is 317 g/mol. The van der Waals surface area contributed by atoms with Crippen molar-refractivity contribution in [3.63, 3.8) is 0 Å². The molecule has 9 heteroatoms. The number of nitrogens with zero attached hydrogens (tertiary/aromatic N) is 2. The lowest BCUT2D eigenvalue weighted by Crippen LogP contribution is -2.34. The molecule has 2 aliphatic rings. The second kappa shape index (κ2) is 4.99. The van der Waals surface area contributed by atoms with Gasteiger partial charge in [-0.05, 0) is 18.9 Å². The second-order valence-electron chi connectivity index (χ2n) is 5.79. The maximum absolute atomic E-state index is 12.9. The number of carboxylic acids is 1. The summed E-state index contributed by atoms with van der Waals surface area (Å²) in [4.78, 5) is 24.2. The summed E-state index contributed by atoms with van der Waals surface area (Å²) in [7, 11) is 0.